The zero-order valence-electron chi connectivity index (χ0n) is 7.87. The van der Waals surface area contributed by atoms with E-state index in [9.17, 15) is 0 Å². The van der Waals surface area contributed by atoms with Gasteiger partial charge in [-0.1, -0.05) is 23.2 Å². The average Bonchev–Trinajstić information content (AvgIpc) is 2.86. The highest BCUT2D eigenvalue weighted by molar-refractivity contribution is 7.13. The summed E-state index contributed by atoms with van der Waals surface area (Å²) in [6.07, 6.45) is 1.74. The number of rotatable bonds is 1. The van der Waals surface area contributed by atoms with Gasteiger partial charge in [-0.15, -0.1) is 11.3 Å². The molecule has 6 heteroatoms. The molecular formula is C10H5Cl2N3S. The van der Waals surface area contributed by atoms with Gasteiger partial charge < -0.3 is 4.98 Å². The Bertz CT molecular complexity index is 606. The number of hydrogen-bond acceptors (Lipinski definition) is 3. The van der Waals surface area contributed by atoms with Gasteiger partial charge in [0.05, 0.1) is 21.1 Å². The Balaban J connectivity index is 2.23. The molecule has 0 spiro atoms. The highest BCUT2D eigenvalue weighted by Crippen LogP contribution is 2.29. The summed E-state index contributed by atoms with van der Waals surface area (Å²) in [7, 11) is 0. The standard InChI is InChI=1S/C10H5Cl2N3S/c11-5-3-7-8(4-6(5)12)15-9(14-7)10-13-1-2-16-10/h1-4H,(H,14,15). The number of benzene rings is 1. The van der Waals surface area contributed by atoms with E-state index >= 15 is 0 Å². The molecule has 2 aromatic heterocycles. The van der Waals surface area contributed by atoms with Gasteiger partial charge in [0, 0.05) is 11.6 Å². The Hall–Kier alpha value is -1.10. The van der Waals surface area contributed by atoms with Crippen LogP contribution in [0.15, 0.2) is 23.7 Å². The summed E-state index contributed by atoms with van der Waals surface area (Å²) in [5, 5.41) is 3.78. The molecule has 0 atom stereocenters. The first kappa shape index (κ1) is 10.1. The van der Waals surface area contributed by atoms with Gasteiger partial charge in [-0.05, 0) is 12.1 Å². The summed E-state index contributed by atoms with van der Waals surface area (Å²) in [6, 6.07) is 3.51. The van der Waals surface area contributed by atoms with Crippen LogP contribution < -0.4 is 0 Å². The van der Waals surface area contributed by atoms with Crippen molar-refractivity contribution < 1.29 is 0 Å². The number of nitrogens with one attached hydrogen (secondary N) is 1. The topological polar surface area (TPSA) is 41.6 Å². The van der Waals surface area contributed by atoms with Crippen LogP contribution in [0.25, 0.3) is 21.9 Å². The van der Waals surface area contributed by atoms with Crippen LogP contribution in [-0.2, 0) is 0 Å². The fourth-order valence-corrected chi connectivity index (χ4v) is 2.35. The van der Waals surface area contributed by atoms with Gasteiger partial charge in [0.1, 0.15) is 0 Å². The lowest BCUT2D eigenvalue weighted by Crippen LogP contribution is -1.76. The van der Waals surface area contributed by atoms with E-state index in [4.69, 9.17) is 23.2 Å². The zero-order valence-corrected chi connectivity index (χ0v) is 10.2. The molecule has 0 amide bonds. The minimum absolute atomic E-state index is 0.506. The molecule has 80 valence electrons. The van der Waals surface area contributed by atoms with E-state index < -0.39 is 0 Å². The fourth-order valence-electron chi connectivity index (χ4n) is 1.45. The van der Waals surface area contributed by atoms with Gasteiger partial charge >= 0.3 is 0 Å². The minimum Gasteiger partial charge on any atom is -0.336 e. The molecule has 16 heavy (non-hydrogen) atoms. The van der Waals surface area contributed by atoms with Crippen LogP contribution in [0.1, 0.15) is 0 Å². The maximum atomic E-state index is 5.93. The van der Waals surface area contributed by atoms with E-state index in [2.05, 4.69) is 15.0 Å². The molecule has 3 rings (SSSR count). The summed E-state index contributed by atoms with van der Waals surface area (Å²) in [6.45, 7) is 0. The lowest BCUT2D eigenvalue weighted by molar-refractivity contribution is 1.29. The molecule has 0 unspecified atom stereocenters. The Morgan fingerprint density at radius 1 is 1.19 bits per heavy atom. The second-order valence-electron chi connectivity index (χ2n) is 3.21. The number of thiazole rings is 1. The lowest BCUT2D eigenvalue weighted by atomic mass is 10.3. The van der Waals surface area contributed by atoms with Crippen LogP contribution in [0.5, 0.6) is 0 Å². The summed E-state index contributed by atoms with van der Waals surface area (Å²) in [5.74, 6) is 0.739. The summed E-state index contributed by atoms with van der Waals surface area (Å²) in [5.41, 5.74) is 1.65. The molecule has 0 radical (unpaired) electrons. The van der Waals surface area contributed by atoms with Crippen LogP contribution in [0.4, 0.5) is 0 Å². The average molecular weight is 270 g/mol. The van der Waals surface area contributed by atoms with Crippen molar-refractivity contribution in [2.75, 3.05) is 0 Å². The van der Waals surface area contributed by atoms with Crippen molar-refractivity contribution in [1.82, 2.24) is 15.0 Å². The van der Waals surface area contributed by atoms with Crippen molar-refractivity contribution in [2.24, 2.45) is 0 Å². The normalized spacial score (nSPS) is 11.1. The monoisotopic (exact) mass is 269 g/mol. The smallest absolute Gasteiger partial charge is 0.167 e. The number of hydrogen-bond donors (Lipinski definition) is 1. The zero-order chi connectivity index (χ0) is 11.1. The number of fused-ring (bicyclic) bond motifs is 1. The van der Waals surface area contributed by atoms with Crippen molar-refractivity contribution in [3.63, 3.8) is 0 Å². The molecule has 1 aromatic carbocycles. The number of nitrogens with zero attached hydrogens (tertiary/aromatic N) is 2. The number of halogens is 2. The van der Waals surface area contributed by atoms with Gasteiger partial charge in [0.25, 0.3) is 0 Å². The molecule has 0 saturated carbocycles. The molecule has 0 bridgehead atoms. The van der Waals surface area contributed by atoms with Crippen molar-refractivity contribution >= 4 is 45.6 Å². The Labute approximate surface area is 105 Å². The molecule has 0 aliphatic rings. The van der Waals surface area contributed by atoms with Gasteiger partial charge in [0.15, 0.2) is 10.8 Å². The lowest BCUT2D eigenvalue weighted by Gasteiger charge is -1.93. The summed E-state index contributed by atoms with van der Waals surface area (Å²) >= 11 is 13.4. The van der Waals surface area contributed by atoms with Crippen molar-refractivity contribution in [1.29, 1.82) is 0 Å². The number of aromatic amines is 1. The van der Waals surface area contributed by atoms with Crippen LogP contribution in [-0.4, -0.2) is 15.0 Å². The molecular weight excluding hydrogens is 265 g/mol. The first-order chi connectivity index (χ1) is 7.74. The van der Waals surface area contributed by atoms with Gasteiger partial charge in [0.2, 0.25) is 0 Å². The van der Waals surface area contributed by atoms with Gasteiger partial charge in [-0.2, -0.15) is 0 Å². The van der Waals surface area contributed by atoms with Crippen molar-refractivity contribution in [3.05, 3.63) is 33.8 Å². The number of imidazole rings is 1. The first-order valence-corrected chi connectivity index (χ1v) is 6.12. The molecule has 0 aliphatic heterocycles. The molecule has 1 N–H and O–H groups in total. The second kappa shape index (κ2) is 3.73. The molecule has 0 fully saturated rings. The van der Waals surface area contributed by atoms with E-state index in [0.717, 1.165) is 21.9 Å². The highest BCUT2D eigenvalue weighted by atomic mass is 35.5. The predicted molar refractivity (Wildman–Crippen MR) is 67.2 cm³/mol. The highest BCUT2D eigenvalue weighted by Gasteiger charge is 2.09. The summed E-state index contributed by atoms with van der Waals surface area (Å²) in [4.78, 5) is 11.8. The molecule has 3 aromatic rings. The molecule has 0 aliphatic carbocycles. The van der Waals surface area contributed by atoms with Gasteiger partial charge in [-0.3, -0.25) is 0 Å². The van der Waals surface area contributed by atoms with Crippen LogP contribution in [0.2, 0.25) is 10.0 Å². The predicted octanol–water partition coefficient (Wildman–Crippen LogP) is 3.99. The van der Waals surface area contributed by atoms with Crippen LogP contribution in [0, 0.1) is 0 Å². The van der Waals surface area contributed by atoms with E-state index in [1.54, 1.807) is 18.3 Å². The third kappa shape index (κ3) is 1.59. The van der Waals surface area contributed by atoms with Gasteiger partial charge in [-0.25, -0.2) is 9.97 Å². The van der Waals surface area contributed by atoms with E-state index in [0.29, 0.717) is 10.0 Å². The third-order valence-corrected chi connectivity index (χ3v) is 3.66. The van der Waals surface area contributed by atoms with E-state index in [-0.39, 0.29) is 0 Å². The number of aromatic nitrogens is 3. The summed E-state index contributed by atoms with van der Waals surface area (Å²) < 4.78 is 0. The fraction of sp³-hybridized carbons (Fsp3) is 0. The maximum absolute atomic E-state index is 5.93. The Morgan fingerprint density at radius 2 is 2.00 bits per heavy atom. The Kier molecular flexibility index (Phi) is 2.35. The SMILES string of the molecule is Clc1cc2nc(-c3nccs3)[nH]c2cc1Cl. The minimum atomic E-state index is 0.506. The largest absolute Gasteiger partial charge is 0.336 e. The maximum Gasteiger partial charge on any atom is 0.167 e. The Morgan fingerprint density at radius 3 is 2.75 bits per heavy atom. The first-order valence-electron chi connectivity index (χ1n) is 4.48. The third-order valence-electron chi connectivity index (χ3n) is 2.16. The molecule has 2 heterocycles. The quantitative estimate of drug-likeness (QED) is 0.726. The van der Waals surface area contributed by atoms with E-state index in [1.165, 1.54) is 11.3 Å². The molecule has 0 saturated heterocycles. The van der Waals surface area contributed by atoms with Crippen molar-refractivity contribution in [2.45, 2.75) is 0 Å². The van der Waals surface area contributed by atoms with Crippen LogP contribution >= 0.6 is 34.5 Å². The second-order valence-corrected chi connectivity index (χ2v) is 4.92. The van der Waals surface area contributed by atoms with Crippen LogP contribution in [0.3, 0.4) is 0 Å². The molecule has 3 nitrogen and oxygen atoms in total. The number of H-pyrrole nitrogens is 1. The van der Waals surface area contributed by atoms with Crippen molar-refractivity contribution in [3.8, 4) is 10.8 Å². The van der Waals surface area contributed by atoms with E-state index in [1.807, 2.05) is 5.38 Å².